The van der Waals surface area contributed by atoms with E-state index in [4.69, 9.17) is 0 Å². The second-order valence-corrected chi connectivity index (χ2v) is 2.59. The van der Waals surface area contributed by atoms with E-state index < -0.39 is 0 Å². The van der Waals surface area contributed by atoms with Gasteiger partial charge in [-0.3, -0.25) is 9.78 Å². The summed E-state index contributed by atoms with van der Waals surface area (Å²) < 4.78 is 0. The third kappa shape index (κ3) is 0.914. The third-order valence-corrected chi connectivity index (χ3v) is 1.84. The molecule has 0 radical (unpaired) electrons. The van der Waals surface area contributed by atoms with Crippen molar-refractivity contribution in [3.8, 4) is 5.88 Å². The van der Waals surface area contributed by atoms with Crippen LogP contribution in [0.2, 0.25) is 0 Å². The average molecular weight is 152 g/mol. The van der Waals surface area contributed by atoms with Crippen LogP contribution >= 0.6 is 0 Å². The lowest BCUT2D eigenvalue weighted by Gasteiger charge is -1.98. The molecule has 0 fully saturated rings. The molecule has 0 unspecified atom stereocenters. The van der Waals surface area contributed by atoms with Crippen molar-refractivity contribution in [2.24, 2.45) is 0 Å². The molecule has 0 saturated carbocycles. The molecular formula is C7H8N2O2. The van der Waals surface area contributed by atoms with Gasteiger partial charge in [-0.25, -0.2) is 0 Å². The van der Waals surface area contributed by atoms with Gasteiger partial charge in [0.15, 0.2) is 5.88 Å². The third-order valence-electron chi connectivity index (χ3n) is 1.84. The van der Waals surface area contributed by atoms with E-state index in [0.29, 0.717) is 13.1 Å². The first-order valence-electron chi connectivity index (χ1n) is 3.42. The molecule has 0 saturated heterocycles. The van der Waals surface area contributed by atoms with Gasteiger partial charge in [-0.1, -0.05) is 0 Å². The zero-order chi connectivity index (χ0) is 7.84. The minimum Gasteiger partial charge on any atom is -0.494 e. The summed E-state index contributed by atoms with van der Waals surface area (Å²) in [7, 11) is 0. The average Bonchev–Trinajstić information content (AvgIpc) is 2.34. The molecule has 4 nitrogen and oxygen atoms in total. The molecule has 0 aromatic carbocycles. The summed E-state index contributed by atoms with van der Waals surface area (Å²) >= 11 is 0. The zero-order valence-electron chi connectivity index (χ0n) is 5.85. The molecular weight excluding hydrogens is 144 g/mol. The summed E-state index contributed by atoms with van der Waals surface area (Å²) in [5, 5.41) is 12.3. The number of aromatic hydroxyl groups is 1. The van der Waals surface area contributed by atoms with Gasteiger partial charge >= 0.3 is 0 Å². The number of nitrogens with one attached hydrogen (secondary N) is 2. The van der Waals surface area contributed by atoms with Gasteiger partial charge in [0.1, 0.15) is 0 Å². The number of pyridine rings is 1. The molecule has 1 aromatic heterocycles. The van der Waals surface area contributed by atoms with Crippen molar-refractivity contribution in [1.29, 1.82) is 0 Å². The molecule has 58 valence electrons. The predicted octanol–water partition coefficient (Wildman–Crippen LogP) is -0.316. The fourth-order valence-electron chi connectivity index (χ4n) is 1.30. The first-order valence-corrected chi connectivity index (χ1v) is 3.42. The molecule has 0 spiro atoms. The second-order valence-electron chi connectivity index (χ2n) is 2.59. The fraction of sp³-hybridized carbons (Fsp3) is 0.286. The first-order chi connectivity index (χ1) is 5.27. The monoisotopic (exact) mass is 152 g/mol. The molecule has 3 N–H and O–H groups in total. The van der Waals surface area contributed by atoms with Crippen molar-refractivity contribution in [1.82, 2.24) is 10.3 Å². The molecule has 4 heteroatoms. The highest BCUT2D eigenvalue weighted by molar-refractivity contribution is 5.35. The van der Waals surface area contributed by atoms with E-state index in [1.54, 1.807) is 0 Å². The Balaban J connectivity index is 2.70. The van der Waals surface area contributed by atoms with Gasteiger partial charge in [-0.15, -0.1) is 0 Å². The lowest BCUT2D eigenvalue weighted by Crippen LogP contribution is -2.05. The van der Waals surface area contributed by atoms with Crippen molar-refractivity contribution < 1.29 is 5.11 Å². The normalized spacial score (nSPS) is 14.9. The van der Waals surface area contributed by atoms with Crippen LogP contribution in [-0.2, 0) is 13.1 Å². The van der Waals surface area contributed by atoms with Crippen LogP contribution in [0.25, 0.3) is 0 Å². The molecule has 1 aromatic rings. The van der Waals surface area contributed by atoms with Gasteiger partial charge in [0.05, 0.1) is 0 Å². The maximum absolute atomic E-state index is 10.8. The van der Waals surface area contributed by atoms with E-state index >= 15 is 0 Å². The molecule has 0 amide bonds. The summed E-state index contributed by atoms with van der Waals surface area (Å²) in [6, 6.07) is 1.51. The maximum Gasteiger partial charge on any atom is 0.251 e. The Kier molecular flexibility index (Phi) is 1.22. The van der Waals surface area contributed by atoms with Gasteiger partial charge in [0, 0.05) is 24.7 Å². The van der Waals surface area contributed by atoms with Crippen LogP contribution in [0.4, 0.5) is 0 Å². The summed E-state index contributed by atoms with van der Waals surface area (Å²) in [5.41, 5.74) is 1.46. The highest BCUT2D eigenvalue weighted by Crippen LogP contribution is 2.19. The van der Waals surface area contributed by atoms with Crippen molar-refractivity contribution in [3.63, 3.8) is 0 Å². The number of aromatic nitrogens is 1. The Hall–Kier alpha value is -1.29. The zero-order valence-corrected chi connectivity index (χ0v) is 5.85. The number of hydrogen-bond acceptors (Lipinski definition) is 3. The van der Waals surface area contributed by atoms with Crippen LogP contribution in [-0.4, -0.2) is 10.1 Å². The van der Waals surface area contributed by atoms with Crippen LogP contribution in [0.5, 0.6) is 5.88 Å². The molecule has 1 aliphatic rings. The number of fused-ring (bicyclic) bond motifs is 1. The molecule has 0 aliphatic carbocycles. The van der Waals surface area contributed by atoms with Crippen molar-refractivity contribution >= 4 is 0 Å². The molecule has 2 rings (SSSR count). The van der Waals surface area contributed by atoms with Crippen LogP contribution in [0.3, 0.4) is 0 Å². The number of rotatable bonds is 0. The van der Waals surface area contributed by atoms with E-state index in [0.717, 1.165) is 11.1 Å². The second kappa shape index (κ2) is 2.10. The van der Waals surface area contributed by atoms with E-state index in [2.05, 4.69) is 10.3 Å². The maximum atomic E-state index is 10.8. The van der Waals surface area contributed by atoms with Crippen LogP contribution in [0.15, 0.2) is 10.9 Å². The topological polar surface area (TPSA) is 65.1 Å². The lowest BCUT2D eigenvalue weighted by atomic mass is 10.2. The predicted molar refractivity (Wildman–Crippen MR) is 39.3 cm³/mol. The molecule has 0 bridgehead atoms. The molecule has 11 heavy (non-hydrogen) atoms. The Labute approximate surface area is 62.9 Å². The van der Waals surface area contributed by atoms with Crippen molar-refractivity contribution in [3.05, 3.63) is 27.5 Å². The quantitative estimate of drug-likeness (QED) is 0.477. The highest BCUT2D eigenvalue weighted by atomic mass is 16.3. The van der Waals surface area contributed by atoms with Gasteiger partial charge in [-0.2, -0.15) is 0 Å². The SMILES string of the molecule is O=c1cc2c(c(O)[nH]1)CNC2. The minimum absolute atomic E-state index is 0.00231. The van der Waals surface area contributed by atoms with Gasteiger partial charge in [0.25, 0.3) is 5.56 Å². The van der Waals surface area contributed by atoms with Crippen LogP contribution < -0.4 is 10.9 Å². The summed E-state index contributed by atoms with van der Waals surface area (Å²) in [6.07, 6.45) is 0. The molecule has 1 aliphatic heterocycles. The Morgan fingerprint density at radius 1 is 1.45 bits per heavy atom. The Morgan fingerprint density at radius 2 is 2.27 bits per heavy atom. The lowest BCUT2D eigenvalue weighted by molar-refractivity contribution is 0.444. The van der Waals surface area contributed by atoms with E-state index in [-0.39, 0.29) is 11.4 Å². The summed E-state index contributed by atoms with van der Waals surface area (Å²) in [5.74, 6) is -0.00231. The fourth-order valence-corrected chi connectivity index (χ4v) is 1.30. The minimum atomic E-state index is -0.245. The summed E-state index contributed by atoms with van der Waals surface area (Å²) in [4.78, 5) is 13.1. The molecule has 0 atom stereocenters. The number of H-pyrrole nitrogens is 1. The van der Waals surface area contributed by atoms with Crippen molar-refractivity contribution in [2.45, 2.75) is 13.1 Å². The Bertz CT molecular complexity index is 343. The number of hydrogen-bond donors (Lipinski definition) is 3. The van der Waals surface area contributed by atoms with E-state index in [1.807, 2.05) is 0 Å². The van der Waals surface area contributed by atoms with E-state index in [9.17, 15) is 9.90 Å². The standard InChI is InChI=1S/C7H8N2O2/c10-6-1-4-2-8-3-5(4)7(11)9-6/h1,8H,2-3H2,(H2,9,10,11). The van der Waals surface area contributed by atoms with Gasteiger partial charge < -0.3 is 10.4 Å². The summed E-state index contributed by atoms with van der Waals surface area (Å²) in [6.45, 7) is 1.31. The first kappa shape index (κ1) is 6.42. The van der Waals surface area contributed by atoms with E-state index in [1.165, 1.54) is 6.07 Å². The van der Waals surface area contributed by atoms with Crippen LogP contribution in [0.1, 0.15) is 11.1 Å². The van der Waals surface area contributed by atoms with Gasteiger partial charge in [-0.05, 0) is 5.56 Å². The molecule has 2 heterocycles. The van der Waals surface area contributed by atoms with Crippen LogP contribution in [0, 0.1) is 0 Å². The largest absolute Gasteiger partial charge is 0.494 e. The number of aromatic amines is 1. The smallest absolute Gasteiger partial charge is 0.251 e. The highest BCUT2D eigenvalue weighted by Gasteiger charge is 2.14. The Morgan fingerprint density at radius 3 is 3.09 bits per heavy atom. The van der Waals surface area contributed by atoms with Crippen molar-refractivity contribution in [2.75, 3.05) is 0 Å². The van der Waals surface area contributed by atoms with Gasteiger partial charge in [0.2, 0.25) is 0 Å².